The van der Waals surface area contributed by atoms with Crippen LogP contribution in [0, 0.1) is 5.92 Å². The van der Waals surface area contributed by atoms with Crippen molar-refractivity contribution < 1.29 is 9.90 Å². The molecular weight excluding hydrogens is 454 g/mol. The standard InChI is InChI=1S/C28H27N5O3/c34-25(14-19-7-2-1-3-8-19)29-30-27-22-9-4-5-10-24(22)33(28(27)36)18-31-15-20-13-21(17-31)23-11-6-12-26(35)32(23)16-20/h1-12,20-21,36H,13-18H2/t20-,21+/m1/s1. The van der Waals surface area contributed by atoms with Gasteiger partial charge in [0.15, 0.2) is 5.69 Å². The maximum Gasteiger partial charge on any atom is 0.269 e. The normalized spacial score (nSPS) is 19.6. The van der Waals surface area contributed by atoms with Crippen LogP contribution in [0.1, 0.15) is 23.6 Å². The lowest BCUT2D eigenvalue weighted by Crippen LogP contribution is -2.47. The van der Waals surface area contributed by atoms with Crippen LogP contribution in [0.25, 0.3) is 10.9 Å². The number of aromatic hydroxyl groups is 1. The Morgan fingerprint density at radius 1 is 0.944 bits per heavy atom. The van der Waals surface area contributed by atoms with Crippen LogP contribution in [0.5, 0.6) is 5.88 Å². The fourth-order valence-electron chi connectivity index (χ4n) is 5.74. The monoisotopic (exact) mass is 481 g/mol. The molecule has 1 N–H and O–H groups in total. The van der Waals surface area contributed by atoms with Crippen LogP contribution in [0.15, 0.2) is 87.8 Å². The van der Waals surface area contributed by atoms with Gasteiger partial charge in [0, 0.05) is 42.7 Å². The third kappa shape index (κ3) is 4.13. The molecule has 2 aliphatic rings. The average molecular weight is 482 g/mol. The summed E-state index contributed by atoms with van der Waals surface area (Å²) in [5.41, 5.74) is 3.18. The molecule has 1 fully saturated rings. The van der Waals surface area contributed by atoms with Gasteiger partial charge in [0.2, 0.25) is 5.88 Å². The Hall–Kier alpha value is -4.04. The minimum atomic E-state index is -0.366. The molecule has 0 spiro atoms. The third-order valence-corrected chi connectivity index (χ3v) is 7.27. The van der Waals surface area contributed by atoms with E-state index in [1.165, 1.54) is 0 Å². The fourth-order valence-corrected chi connectivity index (χ4v) is 5.74. The second-order valence-corrected chi connectivity index (χ2v) is 9.75. The number of benzene rings is 2. The molecule has 8 nitrogen and oxygen atoms in total. The number of fused-ring (bicyclic) bond motifs is 5. The van der Waals surface area contributed by atoms with E-state index < -0.39 is 0 Å². The van der Waals surface area contributed by atoms with Gasteiger partial charge in [0.05, 0.1) is 18.6 Å². The molecule has 2 aromatic carbocycles. The van der Waals surface area contributed by atoms with Gasteiger partial charge in [0.1, 0.15) is 0 Å². The molecule has 0 saturated carbocycles. The summed E-state index contributed by atoms with van der Waals surface area (Å²) in [6.07, 6.45) is 1.23. The van der Waals surface area contributed by atoms with Crippen molar-refractivity contribution in [1.29, 1.82) is 0 Å². The van der Waals surface area contributed by atoms with Gasteiger partial charge in [-0.15, -0.1) is 10.2 Å². The minimum Gasteiger partial charge on any atom is -0.493 e. The van der Waals surface area contributed by atoms with E-state index in [2.05, 4.69) is 21.2 Å². The summed E-state index contributed by atoms with van der Waals surface area (Å²) in [5.74, 6) is 0.301. The number of hydrogen-bond acceptors (Lipinski definition) is 5. The van der Waals surface area contributed by atoms with Gasteiger partial charge >= 0.3 is 0 Å². The molecule has 4 aromatic rings. The maximum absolute atomic E-state index is 12.4. The second-order valence-electron chi connectivity index (χ2n) is 9.75. The first-order chi connectivity index (χ1) is 17.6. The second kappa shape index (κ2) is 9.20. The summed E-state index contributed by atoms with van der Waals surface area (Å²) >= 11 is 0. The molecule has 0 unspecified atom stereocenters. The molecule has 8 heteroatoms. The summed E-state index contributed by atoms with van der Waals surface area (Å²) in [4.78, 5) is 27.1. The van der Waals surface area contributed by atoms with Crippen molar-refractivity contribution in [2.24, 2.45) is 16.1 Å². The smallest absolute Gasteiger partial charge is 0.269 e. The van der Waals surface area contributed by atoms with E-state index in [9.17, 15) is 14.7 Å². The van der Waals surface area contributed by atoms with E-state index in [0.717, 1.165) is 48.2 Å². The first-order valence-electron chi connectivity index (χ1n) is 12.3. The van der Waals surface area contributed by atoms with Crippen LogP contribution in [-0.4, -0.2) is 38.1 Å². The Balaban J connectivity index is 1.26. The molecule has 1 saturated heterocycles. The molecule has 2 atom stereocenters. The highest BCUT2D eigenvalue weighted by molar-refractivity contribution is 5.95. The lowest BCUT2D eigenvalue weighted by molar-refractivity contribution is -0.117. The summed E-state index contributed by atoms with van der Waals surface area (Å²) in [6, 6.07) is 22.6. The van der Waals surface area contributed by atoms with Gasteiger partial charge in [-0.05, 0) is 30.0 Å². The molecule has 6 rings (SSSR count). The fraction of sp³-hybridized carbons (Fsp3) is 0.286. The SMILES string of the molecule is O=C(Cc1ccccc1)N=Nc1c(O)n(CN2C[C@H]3C[C@@H](C2)c2cccc(=O)n2C3)c2ccccc12. The minimum absolute atomic E-state index is 0.000173. The number of pyridine rings is 1. The molecule has 36 heavy (non-hydrogen) atoms. The lowest BCUT2D eigenvalue weighted by atomic mass is 9.83. The number of carbonyl (C=O) groups excluding carboxylic acids is 1. The third-order valence-electron chi connectivity index (χ3n) is 7.27. The highest BCUT2D eigenvalue weighted by Crippen LogP contribution is 2.40. The first-order valence-corrected chi connectivity index (χ1v) is 12.3. The van der Waals surface area contributed by atoms with Gasteiger partial charge in [-0.3, -0.25) is 19.1 Å². The molecule has 0 aliphatic carbocycles. The van der Waals surface area contributed by atoms with Crippen molar-refractivity contribution in [3.05, 3.63) is 94.4 Å². The molecular formula is C28H27N5O3. The van der Waals surface area contributed by atoms with Crippen molar-refractivity contribution >= 4 is 22.5 Å². The summed E-state index contributed by atoms with van der Waals surface area (Å²) in [7, 11) is 0. The number of nitrogens with zero attached hydrogens (tertiary/aromatic N) is 5. The lowest BCUT2D eigenvalue weighted by Gasteiger charge is -2.42. The molecule has 2 aliphatic heterocycles. The summed E-state index contributed by atoms with van der Waals surface area (Å²) in [6.45, 7) is 2.86. The van der Waals surface area contributed by atoms with Gasteiger partial charge in [-0.2, -0.15) is 0 Å². The van der Waals surface area contributed by atoms with Crippen molar-refractivity contribution in [3.63, 3.8) is 0 Å². The summed E-state index contributed by atoms with van der Waals surface area (Å²) < 4.78 is 3.76. The zero-order valence-corrected chi connectivity index (χ0v) is 19.8. The number of rotatable bonds is 5. The Kier molecular flexibility index (Phi) is 5.73. The van der Waals surface area contributed by atoms with Crippen LogP contribution in [-0.2, 0) is 24.4 Å². The summed E-state index contributed by atoms with van der Waals surface area (Å²) in [5, 5.41) is 20.0. The van der Waals surface area contributed by atoms with Crippen molar-refractivity contribution in [2.45, 2.75) is 32.0 Å². The topological polar surface area (TPSA) is 92.2 Å². The zero-order valence-electron chi connectivity index (χ0n) is 19.8. The number of hydrogen-bond donors (Lipinski definition) is 1. The highest BCUT2D eigenvalue weighted by Gasteiger charge is 2.35. The Morgan fingerprint density at radius 3 is 2.61 bits per heavy atom. The van der Waals surface area contributed by atoms with E-state index in [0.29, 0.717) is 18.3 Å². The number of azo groups is 1. The number of amides is 1. The Bertz CT molecular complexity index is 1520. The molecule has 2 aromatic heterocycles. The Labute approximate surface area is 208 Å². The number of aromatic nitrogens is 2. The maximum atomic E-state index is 12.4. The van der Waals surface area contributed by atoms with E-state index in [-0.39, 0.29) is 29.7 Å². The van der Waals surface area contributed by atoms with Crippen molar-refractivity contribution in [1.82, 2.24) is 14.0 Å². The van der Waals surface area contributed by atoms with E-state index in [1.54, 1.807) is 6.07 Å². The first kappa shape index (κ1) is 22.4. The van der Waals surface area contributed by atoms with Gasteiger partial charge in [-0.1, -0.05) is 54.6 Å². The molecule has 2 bridgehead atoms. The van der Waals surface area contributed by atoms with E-state index in [1.807, 2.05) is 69.8 Å². The highest BCUT2D eigenvalue weighted by atomic mass is 16.3. The quantitative estimate of drug-likeness (QED) is 0.427. The molecule has 1 amide bonds. The number of carbonyl (C=O) groups is 1. The van der Waals surface area contributed by atoms with Gasteiger partial charge in [0.25, 0.3) is 11.5 Å². The predicted molar refractivity (Wildman–Crippen MR) is 136 cm³/mol. The number of para-hydroxylation sites is 1. The molecule has 182 valence electrons. The average Bonchev–Trinajstić information content (AvgIpc) is 3.14. The van der Waals surface area contributed by atoms with E-state index in [4.69, 9.17) is 0 Å². The predicted octanol–water partition coefficient (Wildman–Crippen LogP) is 4.44. The molecule has 4 heterocycles. The van der Waals surface area contributed by atoms with Gasteiger partial charge < -0.3 is 9.67 Å². The van der Waals surface area contributed by atoms with Crippen molar-refractivity contribution in [2.75, 3.05) is 13.1 Å². The molecule has 0 radical (unpaired) electrons. The van der Waals surface area contributed by atoms with E-state index >= 15 is 0 Å². The van der Waals surface area contributed by atoms with Crippen LogP contribution in [0.2, 0.25) is 0 Å². The van der Waals surface area contributed by atoms with Crippen LogP contribution in [0.4, 0.5) is 5.69 Å². The zero-order chi connectivity index (χ0) is 24.6. The van der Waals surface area contributed by atoms with Crippen LogP contribution in [0.3, 0.4) is 0 Å². The largest absolute Gasteiger partial charge is 0.493 e. The van der Waals surface area contributed by atoms with Crippen LogP contribution >= 0.6 is 0 Å². The number of piperidine rings is 1. The van der Waals surface area contributed by atoms with Gasteiger partial charge in [-0.25, -0.2) is 0 Å². The van der Waals surface area contributed by atoms with Crippen molar-refractivity contribution in [3.8, 4) is 5.88 Å². The van der Waals surface area contributed by atoms with Crippen LogP contribution < -0.4 is 5.56 Å². The Morgan fingerprint density at radius 2 is 1.75 bits per heavy atom. The number of likely N-dealkylation sites (tertiary alicyclic amines) is 1.